The summed E-state index contributed by atoms with van der Waals surface area (Å²) in [5.74, 6) is 0.264. The lowest BCUT2D eigenvalue weighted by Crippen LogP contribution is -2.33. The van der Waals surface area contributed by atoms with E-state index in [9.17, 15) is 4.79 Å². The van der Waals surface area contributed by atoms with E-state index in [1.54, 1.807) is 10.9 Å². The summed E-state index contributed by atoms with van der Waals surface area (Å²) in [7, 11) is 0. The first-order valence-electron chi connectivity index (χ1n) is 7.98. The molecule has 2 N–H and O–H groups in total. The van der Waals surface area contributed by atoms with Crippen LogP contribution < -0.4 is 10.6 Å². The molecular formula is C16H20N8O. The number of carbonyl (C=O) groups excluding carboxylic acids is 1. The first kappa shape index (κ1) is 16.6. The van der Waals surface area contributed by atoms with Crippen LogP contribution in [0.4, 0.5) is 10.5 Å². The van der Waals surface area contributed by atoms with E-state index in [4.69, 9.17) is 0 Å². The largest absolute Gasteiger partial charge is 0.338 e. The SMILES string of the molecule is Cc1ccc(NC(=O)NC[C@@H](C)Cn2cccn2)cc1-n1cnnn1. The number of nitrogens with one attached hydrogen (secondary N) is 2. The Morgan fingerprint density at radius 3 is 2.96 bits per heavy atom. The molecule has 0 unspecified atom stereocenters. The maximum Gasteiger partial charge on any atom is 0.319 e. The Kier molecular flexibility index (Phi) is 5.03. The van der Waals surface area contributed by atoms with Gasteiger partial charge in [0.2, 0.25) is 0 Å². The molecule has 1 atom stereocenters. The smallest absolute Gasteiger partial charge is 0.319 e. The van der Waals surface area contributed by atoms with Gasteiger partial charge in [0.1, 0.15) is 6.33 Å². The molecule has 2 heterocycles. The van der Waals surface area contributed by atoms with Crippen LogP contribution in [0, 0.1) is 12.8 Å². The lowest BCUT2D eigenvalue weighted by atomic mass is 10.2. The highest BCUT2D eigenvalue weighted by Crippen LogP contribution is 2.18. The van der Waals surface area contributed by atoms with E-state index in [0.29, 0.717) is 12.2 Å². The minimum Gasteiger partial charge on any atom is -0.338 e. The van der Waals surface area contributed by atoms with Crippen LogP contribution in [0.3, 0.4) is 0 Å². The van der Waals surface area contributed by atoms with Crippen molar-refractivity contribution in [3.8, 4) is 5.69 Å². The third-order valence-electron chi connectivity index (χ3n) is 3.73. The number of rotatable bonds is 6. The average molecular weight is 340 g/mol. The zero-order valence-electron chi connectivity index (χ0n) is 14.1. The Morgan fingerprint density at radius 1 is 1.36 bits per heavy atom. The third-order valence-corrected chi connectivity index (χ3v) is 3.73. The molecule has 0 aliphatic rings. The van der Waals surface area contributed by atoms with Crippen LogP contribution in [0.1, 0.15) is 12.5 Å². The molecule has 0 aliphatic heterocycles. The molecule has 9 heteroatoms. The zero-order valence-corrected chi connectivity index (χ0v) is 14.1. The van der Waals surface area contributed by atoms with Gasteiger partial charge in [0.05, 0.1) is 5.69 Å². The molecule has 0 spiro atoms. The van der Waals surface area contributed by atoms with Crippen LogP contribution in [-0.4, -0.2) is 42.6 Å². The van der Waals surface area contributed by atoms with Gasteiger partial charge in [-0.1, -0.05) is 13.0 Å². The normalized spacial score (nSPS) is 11.9. The second-order valence-corrected chi connectivity index (χ2v) is 5.92. The van der Waals surface area contributed by atoms with Crippen molar-refractivity contribution >= 4 is 11.7 Å². The Hall–Kier alpha value is -3.23. The van der Waals surface area contributed by atoms with E-state index >= 15 is 0 Å². The predicted molar refractivity (Wildman–Crippen MR) is 92.3 cm³/mol. The monoisotopic (exact) mass is 340 g/mol. The van der Waals surface area contributed by atoms with Crippen LogP contribution in [0.25, 0.3) is 5.69 Å². The van der Waals surface area contributed by atoms with Gasteiger partial charge in [0.25, 0.3) is 0 Å². The number of anilines is 1. The van der Waals surface area contributed by atoms with E-state index < -0.39 is 0 Å². The number of hydrogen-bond acceptors (Lipinski definition) is 5. The number of hydrogen-bond donors (Lipinski definition) is 2. The highest BCUT2D eigenvalue weighted by atomic mass is 16.2. The van der Waals surface area contributed by atoms with Gasteiger partial charge in [-0.15, -0.1) is 5.10 Å². The summed E-state index contributed by atoms with van der Waals surface area (Å²) in [5.41, 5.74) is 2.49. The first-order chi connectivity index (χ1) is 12.1. The standard InChI is InChI=1S/C16H20N8O/c1-12(10-23-7-3-6-19-23)9-17-16(25)20-14-5-4-13(2)15(8-14)24-11-18-21-22-24/h3-8,11-12H,9-10H2,1-2H3,(H2,17,20,25)/t12-/m1/s1. The minimum absolute atomic E-state index is 0.251. The summed E-state index contributed by atoms with van der Waals surface area (Å²) < 4.78 is 3.41. The lowest BCUT2D eigenvalue weighted by molar-refractivity contribution is 0.249. The molecule has 0 bridgehead atoms. The lowest BCUT2D eigenvalue weighted by Gasteiger charge is -2.14. The van der Waals surface area contributed by atoms with Crippen molar-refractivity contribution in [2.75, 3.05) is 11.9 Å². The van der Waals surface area contributed by atoms with Gasteiger partial charge in [-0.05, 0) is 47.0 Å². The third kappa shape index (κ3) is 4.40. The fraction of sp³-hybridized carbons (Fsp3) is 0.312. The van der Waals surface area contributed by atoms with Crippen molar-refractivity contribution in [1.29, 1.82) is 0 Å². The summed E-state index contributed by atoms with van der Waals surface area (Å²) in [5, 5.41) is 21.0. The van der Waals surface area contributed by atoms with Gasteiger partial charge >= 0.3 is 6.03 Å². The molecule has 0 radical (unpaired) electrons. The highest BCUT2D eigenvalue weighted by Gasteiger charge is 2.09. The van der Waals surface area contributed by atoms with Crippen LogP contribution in [-0.2, 0) is 6.54 Å². The van der Waals surface area contributed by atoms with Crippen molar-refractivity contribution in [2.24, 2.45) is 5.92 Å². The van der Waals surface area contributed by atoms with Crippen LogP contribution in [0.5, 0.6) is 0 Å². The van der Waals surface area contributed by atoms with Gasteiger partial charge in [-0.3, -0.25) is 4.68 Å². The molecule has 2 amide bonds. The van der Waals surface area contributed by atoms with Crippen molar-refractivity contribution in [1.82, 2.24) is 35.3 Å². The number of tetrazole rings is 1. The van der Waals surface area contributed by atoms with Gasteiger partial charge in [-0.25, -0.2) is 9.48 Å². The number of carbonyl (C=O) groups is 1. The summed E-state index contributed by atoms with van der Waals surface area (Å²) >= 11 is 0. The molecule has 3 rings (SSSR count). The highest BCUT2D eigenvalue weighted by molar-refractivity contribution is 5.89. The Labute approximate surface area is 145 Å². The number of benzene rings is 1. The molecule has 0 saturated heterocycles. The molecule has 0 aliphatic carbocycles. The van der Waals surface area contributed by atoms with Gasteiger partial charge in [0, 0.05) is 31.2 Å². The molecular weight excluding hydrogens is 320 g/mol. The summed E-state index contributed by atoms with van der Waals surface area (Å²) in [6.45, 7) is 5.32. The second kappa shape index (κ2) is 7.56. The topological polar surface area (TPSA) is 103 Å². The van der Waals surface area contributed by atoms with Gasteiger partial charge in [0.15, 0.2) is 0 Å². The van der Waals surface area contributed by atoms with E-state index in [0.717, 1.165) is 17.8 Å². The molecule has 3 aromatic rings. The van der Waals surface area contributed by atoms with E-state index in [-0.39, 0.29) is 11.9 Å². The summed E-state index contributed by atoms with van der Waals surface area (Å²) in [6, 6.07) is 7.22. The molecule has 0 saturated carbocycles. The Morgan fingerprint density at radius 2 is 2.24 bits per heavy atom. The minimum atomic E-state index is -0.251. The summed E-state index contributed by atoms with van der Waals surface area (Å²) in [4.78, 5) is 12.1. The number of urea groups is 1. The maximum atomic E-state index is 12.1. The van der Waals surface area contributed by atoms with Crippen LogP contribution in [0.2, 0.25) is 0 Å². The van der Waals surface area contributed by atoms with Crippen molar-refractivity contribution < 1.29 is 4.79 Å². The van der Waals surface area contributed by atoms with Crippen LogP contribution >= 0.6 is 0 Å². The average Bonchev–Trinajstić information content (AvgIpc) is 3.28. The van der Waals surface area contributed by atoms with Crippen LogP contribution in [0.15, 0.2) is 43.0 Å². The molecule has 130 valence electrons. The number of amides is 2. The molecule has 9 nitrogen and oxygen atoms in total. The van der Waals surface area contributed by atoms with E-state index in [1.165, 1.54) is 6.33 Å². The molecule has 25 heavy (non-hydrogen) atoms. The molecule has 2 aromatic heterocycles. The fourth-order valence-electron chi connectivity index (χ4n) is 2.44. The first-order valence-corrected chi connectivity index (χ1v) is 7.98. The zero-order chi connectivity index (χ0) is 17.6. The number of nitrogens with zero attached hydrogens (tertiary/aromatic N) is 6. The summed E-state index contributed by atoms with van der Waals surface area (Å²) in [6.07, 6.45) is 5.17. The maximum absolute atomic E-state index is 12.1. The van der Waals surface area contributed by atoms with E-state index in [1.807, 2.05) is 42.1 Å². The van der Waals surface area contributed by atoms with Gasteiger partial charge < -0.3 is 10.6 Å². The van der Waals surface area contributed by atoms with Crippen molar-refractivity contribution in [2.45, 2.75) is 20.4 Å². The quantitative estimate of drug-likeness (QED) is 0.710. The van der Waals surface area contributed by atoms with Crippen molar-refractivity contribution in [3.05, 3.63) is 48.5 Å². The molecule has 1 aromatic carbocycles. The molecule has 0 fully saturated rings. The Balaban J connectivity index is 1.55. The second-order valence-electron chi connectivity index (χ2n) is 5.92. The van der Waals surface area contributed by atoms with Gasteiger partial charge in [-0.2, -0.15) is 5.10 Å². The fourth-order valence-corrected chi connectivity index (χ4v) is 2.44. The Bertz CT molecular complexity index is 813. The van der Waals surface area contributed by atoms with Crippen molar-refractivity contribution in [3.63, 3.8) is 0 Å². The van der Waals surface area contributed by atoms with E-state index in [2.05, 4.69) is 38.2 Å². The predicted octanol–water partition coefficient (Wildman–Crippen LogP) is 1.63. The number of aromatic nitrogens is 6. The number of aryl methyl sites for hydroxylation is 1.